The minimum Gasteiger partial charge on any atom is -0.370 e. The highest BCUT2D eigenvalue weighted by atomic mass is 32.2. The Labute approximate surface area is 161 Å². The van der Waals surface area contributed by atoms with Crippen LogP contribution in [0.4, 0.5) is 0 Å². The van der Waals surface area contributed by atoms with E-state index < -0.39 is 0 Å². The summed E-state index contributed by atoms with van der Waals surface area (Å²) >= 11 is 1.83. The summed E-state index contributed by atoms with van der Waals surface area (Å²) in [6, 6.07) is 10.3. The molecule has 140 valence electrons. The van der Waals surface area contributed by atoms with Gasteiger partial charge in [0.15, 0.2) is 5.82 Å². The smallest absolute Gasteiger partial charge is 0.160 e. The molecule has 1 aromatic carbocycles. The van der Waals surface area contributed by atoms with Crippen molar-refractivity contribution in [2.75, 3.05) is 25.4 Å². The number of aromatic nitrogens is 2. The largest absolute Gasteiger partial charge is 0.370 e. The fourth-order valence-electron chi connectivity index (χ4n) is 3.17. The van der Waals surface area contributed by atoms with Crippen LogP contribution in [0.2, 0.25) is 0 Å². The Morgan fingerprint density at radius 1 is 1.12 bits per heavy atom. The van der Waals surface area contributed by atoms with Crippen LogP contribution in [0.25, 0.3) is 11.4 Å². The summed E-state index contributed by atoms with van der Waals surface area (Å²) in [6.07, 6.45) is 0.828. The molecule has 0 unspecified atom stereocenters. The molecule has 2 heterocycles. The van der Waals surface area contributed by atoms with Gasteiger partial charge in [-0.1, -0.05) is 44.2 Å². The Morgan fingerprint density at radius 3 is 2.54 bits per heavy atom. The molecule has 3 rings (SSSR count). The van der Waals surface area contributed by atoms with E-state index in [4.69, 9.17) is 14.7 Å². The van der Waals surface area contributed by atoms with Crippen LogP contribution in [-0.4, -0.2) is 45.9 Å². The van der Waals surface area contributed by atoms with E-state index in [0.717, 1.165) is 53.9 Å². The van der Waals surface area contributed by atoms with E-state index in [1.807, 2.05) is 30.0 Å². The molecule has 1 aliphatic heterocycles. The number of hydrogen-bond acceptors (Lipinski definition) is 5. The Kier molecular flexibility index (Phi) is 6.33. The fraction of sp³-hybridized carbons (Fsp3) is 0.524. The number of fused-ring (bicyclic) bond motifs is 1. The second-order valence-electron chi connectivity index (χ2n) is 7.24. The van der Waals surface area contributed by atoms with Crippen molar-refractivity contribution in [2.24, 2.45) is 0 Å². The van der Waals surface area contributed by atoms with Crippen molar-refractivity contribution in [1.82, 2.24) is 14.9 Å². The molecule has 1 aliphatic rings. The van der Waals surface area contributed by atoms with Crippen molar-refractivity contribution < 1.29 is 4.74 Å². The highest BCUT2D eigenvalue weighted by Crippen LogP contribution is 2.33. The van der Waals surface area contributed by atoms with Crippen molar-refractivity contribution in [3.8, 4) is 11.4 Å². The zero-order valence-electron chi connectivity index (χ0n) is 16.3. The van der Waals surface area contributed by atoms with Crippen LogP contribution >= 0.6 is 11.8 Å². The molecule has 0 saturated heterocycles. The van der Waals surface area contributed by atoms with Crippen LogP contribution in [0.3, 0.4) is 0 Å². The van der Waals surface area contributed by atoms with Crippen LogP contribution in [0, 0.1) is 0 Å². The summed E-state index contributed by atoms with van der Waals surface area (Å²) in [6.45, 7) is 12.5. The first-order valence-electron chi connectivity index (χ1n) is 9.46. The molecular formula is C21H29N3OS. The van der Waals surface area contributed by atoms with Gasteiger partial charge in [-0.2, -0.15) is 0 Å². The van der Waals surface area contributed by atoms with Gasteiger partial charge in [0.25, 0.3) is 0 Å². The summed E-state index contributed by atoms with van der Waals surface area (Å²) in [5, 5.41) is 1.08. The van der Waals surface area contributed by atoms with Crippen LogP contribution in [0.15, 0.2) is 35.4 Å². The van der Waals surface area contributed by atoms with Gasteiger partial charge in [0, 0.05) is 29.8 Å². The van der Waals surface area contributed by atoms with E-state index in [9.17, 15) is 0 Å². The van der Waals surface area contributed by atoms with Gasteiger partial charge in [0.1, 0.15) is 5.03 Å². The van der Waals surface area contributed by atoms with Gasteiger partial charge in [-0.25, -0.2) is 9.97 Å². The Bertz CT molecular complexity index is 730. The van der Waals surface area contributed by atoms with Crippen LogP contribution < -0.4 is 0 Å². The minimum atomic E-state index is -0.168. The molecule has 0 aliphatic carbocycles. The third-order valence-corrected chi connectivity index (χ3v) is 5.83. The van der Waals surface area contributed by atoms with E-state index >= 15 is 0 Å². The summed E-state index contributed by atoms with van der Waals surface area (Å²) < 4.78 is 6.04. The Morgan fingerprint density at radius 2 is 1.85 bits per heavy atom. The third kappa shape index (κ3) is 4.64. The van der Waals surface area contributed by atoms with Gasteiger partial charge < -0.3 is 9.64 Å². The lowest BCUT2D eigenvalue weighted by molar-refractivity contribution is -0.0428. The molecule has 5 heteroatoms. The Hall–Kier alpha value is -1.43. The molecule has 2 aromatic rings. The average molecular weight is 372 g/mol. The molecule has 26 heavy (non-hydrogen) atoms. The van der Waals surface area contributed by atoms with Crippen molar-refractivity contribution in [3.05, 3.63) is 41.6 Å². The topological polar surface area (TPSA) is 38.2 Å². The molecule has 0 fully saturated rings. The van der Waals surface area contributed by atoms with Gasteiger partial charge in [-0.05, 0) is 26.9 Å². The van der Waals surface area contributed by atoms with E-state index in [-0.39, 0.29) is 5.60 Å². The van der Waals surface area contributed by atoms with Gasteiger partial charge in [-0.15, -0.1) is 11.8 Å². The lowest BCUT2D eigenvalue weighted by Gasteiger charge is -2.32. The maximum Gasteiger partial charge on any atom is 0.160 e. The molecule has 0 atom stereocenters. The maximum absolute atomic E-state index is 6.04. The molecule has 0 bridgehead atoms. The zero-order chi connectivity index (χ0) is 18.6. The summed E-state index contributed by atoms with van der Waals surface area (Å²) in [5.74, 6) is 1.86. The predicted molar refractivity (Wildman–Crippen MR) is 109 cm³/mol. The van der Waals surface area contributed by atoms with Gasteiger partial charge in [0.05, 0.1) is 17.9 Å². The molecular weight excluding hydrogens is 342 g/mol. The monoisotopic (exact) mass is 371 g/mol. The predicted octanol–water partition coefficient (Wildman–Crippen LogP) is 4.43. The van der Waals surface area contributed by atoms with Crippen LogP contribution in [0.5, 0.6) is 0 Å². The molecule has 0 spiro atoms. The summed E-state index contributed by atoms with van der Waals surface area (Å²) in [4.78, 5) is 12.2. The first-order chi connectivity index (χ1) is 12.5. The number of nitrogens with zero attached hydrogens (tertiary/aromatic N) is 3. The van der Waals surface area contributed by atoms with Gasteiger partial charge in [-0.3, -0.25) is 0 Å². The van der Waals surface area contributed by atoms with E-state index in [1.165, 1.54) is 5.56 Å². The lowest BCUT2D eigenvalue weighted by atomic mass is 9.96. The van der Waals surface area contributed by atoms with Crippen molar-refractivity contribution in [2.45, 2.75) is 51.3 Å². The second-order valence-corrected chi connectivity index (χ2v) is 8.33. The molecule has 0 radical (unpaired) electrons. The third-order valence-electron chi connectivity index (χ3n) is 4.83. The molecule has 4 nitrogen and oxygen atoms in total. The maximum atomic E-state index is 6.04. The zero-order valence-corrected chi connectivity index (χ0v) is 17.1. The summed E-state index contributed by atoms with van der Waals surface area (Å²) in [7, 11) is 0. The van der Waals surface area contributed by atoms with Crippen molar-refractivity contribution in [3.63, 3.8) is 0 Å². The number of thioether (sulfide) groups is 1. The molecule has 0 saturated carbocycles. The van der Waals surface area contributed by atoms with Crippen molar-refractivity contribution in [1.29, 1.82) is 0 Å². The van der Waals surface area contributed by atoms with E-state index in [0.29, 0.717) is 6.61 Å². The Balaban J connectivity index is 1.89. The first kappa shape index (κ1) is 19.3. The first-order valence-corrected chi connectivity index (χ1v) is 10.4. The number of hydrogen-bond donors (Lipinski definition) is 0. The number of rotatable bonds is 7. The standard InChI is InChI=1S/C21H29N3OS/c1-5-24(6-2)12-13-26-20-17-15-25-21(3,4)14-18(17)22-19(23-20)16-10-8-7-9-11-16/h7-11H,5-6,12-15H2,1-4H3. The number of ether oxygens (including phenoxy) is 1. The fourth-order valence-corrected chi connectivity index (χ4v) is 4.21. The molecule has 0 amide bonds. The molecule has 1 aromatic heterocycles. The van der Waals surface area contributed by atoms with Crippen LogP contribution in [0.1, 0.15) is 39.0 Å². The normalized spacial score (nSPS) is 15.9. The average Bonchev–Trinajstić information content (AvgIpc) is 2.64. The number of benzene rings is 1. The lowest BCUT2D eigenvalue weighted by Crippen LogP contribution is -2.33. The molecule has 0 N–H and O–H groups in total. The van der Waals surface area contributed by atoms with Crippen molar-refractivity contribution >= 4 is 11.8 Å². The summed E-state index contributed by atoms with van der Waals surface area (Å²) in [5.41, 5.74) is 3.22. The van der Waals surface area contributed by atoms with Gasteiger partial charge in [0.2, 0.25) is 0 Å². The highest BCUT2D eigenvalue weighted by Gasteiger charge is 2.30. The SMILES string of the molecule is CCN(CC)CCSc1nc(-c2ccccc2)nc2c1COC(C)(C)C2. The van der Waals surface area contributed by atoms with Gasteiger partial charge >= 0.3 is 0 Å². The van der Waals surface area contributed by atoms with E-state index in [2.05, 4.69) is 44.7 Å². The van der Waals surface area contributed by atoms with E-state index in [1.54, 1.807) is 0 Å². The quantitative estimate of drug-likeness (QED) is 0.532. The second kappa shape index (κ2) is 8.51. The van der Waals surface area contributed by atoms with Crippen LogP contribution in [-0.2, 0) is 17.8 Å². The minimum absolute atomic E-state index is 0.168. The highest BCUT2D eigenvalue weighted by molar-refractivity contribution is 7.99.